The van der Waals surface area contributed by atoms with Gasteiger partial charge >= 0.3 is 0 Å². The monoisotopic (exact) mass is 362 g/mol. The molecular formula is C15H18N6O3S. The molecule has 1 aliphatic heterocycles. The van der Waals surface area contributed by atoms with Crippen molar-refractivity contribution in [3.63, 3.8) is 0 Å². The molecule has 1 saturated heterocycles. The number of pyridine rings is 1. The van der Waals surface area contributed by atoms with Crippen LogP contribution in [0.2, 0.25) is 0 Å². The molecule has 3 aromatic heterocycles. The lowest BCUT2D eigenvalue weighted by Crippen LogP contribution is -2.32. The molecule has 0 aromatic carbocycles. The van der Waals surface area contributed by atoms with Gasteiger partial charge in [-0.3, -0.25) is 14.6 Å². The molecule has 0 unspecified atom stereocenters. The van der Waals surface area contributed by atoms with Gasteiger partial charge in [0, 0.05) is 31.0 Å². The van der Waals surface area contributed by atoms with Crippen LogP contribution in [0.15, 0.2) is 23.3 Å². The Balaban J connectivity index is 1.92. The summed E-state index contributed by atoms with van der Waals surface area (Å²) >= 11 is 0. The Labute approximate surface area is 143 Å². The summed E-state index contributed by atoms with van der Waals surface area (Å²) in [6, 6.07) is 1.66. The average molecular weight is 362 g/mol. The first kappa shape index (κ1) is 15.9. The quantitative estimate of drug-likeness (QED) is 0.681. The van der Waals surface area contributed by atoms with Gasteiger partial charge in [0.2, 0.25) is 0 Å². The van der Waals surface area contributed by atoms with E-state index in [9.17, 15) is 13.2 Å². The maximum atomic E-state index is 12.9. The molecule has 25 heavy (non-hydrogen) atoms. The largest absolute Gasteiger partial charge is 0.382 e. The standard InChI is InChI=1S/C15H18N6O3S/c1-20-5-2-11(19-20)10-8-21(9-3-6-25(23,24)7-4-9)15(22)12-13(10)17-18-14(12)16/h2,5,8-9H,3-4,6-7H2,1H3,(H3,16,17,18). The summed E-state index contributed by atoms with van der Waals surface area (Å²) in [6.07, 6.45) is 4.36. The van der Waals surface area contributed by atoms with E-state index >= 15 is 0 Å². The summed E-state index contributed by atoms with van der Waals surface area (Å²) in [5, 5.41) is 11.5. The predicted molar refractivity (Wildman–Crippen MR) is 93.9 cm³/mol. The van der Waals surface area contributed by atoms with Crippen molar-refractivity contribution in [2.45, 2.75) is 18.9 Å². The summed E-state index contributed by atoms with van der Waals surface area (Å²) in [5.41, 5.74) is 7.58. The van der Waals surface area contributed by atoms with Crippen molar-refractivity contribution in [2.75, 3.05) is 17.2 Å². The van der Waals surface area contributed by atoms with Gasteiger partial charge in [0.25, 0.3) is 5.56 Å². The first-order chi connectivity index (χ1) is 11.9. The normalized spacial score (nSPS) is 18.0. The Hall–Kier alpha value is -2.62. The number of rotatable bonds is 2. The number of nitrogen functional groups attached to an aromatic ring is 1. The second kappa shape index (κ2) is 5.45. The van der Waals surface area contributed by atoms with Gasteiger partial charge in [0.1, 0.15) is 15.2 Å². The molecule has 4 heterocycles. The number of aryl methyl sites for hydroxylation is 1. The van der Waals surface area contributed by atoms with Crippen LogP contribution < -0.4 is 11.3 Å². The van der Waals surface area contributed by atoms with Crippen LogP contribution in [0.25, 0.3) is 22.2 Å². The minimum absolute atomic E-state index is 0.0853. The molecule has 0 aliphatic carbocycles. The van der Waals surface area contributed by atoms with Crippen molar-refractivity contribution >= 4 is 26.6 Å². The Morgan fingerprint density at radius 2 is 2.04 bits per heavy atom. The lowest BCUT2D eigenvalue weighted by Gasteiger charge is -2.24. The summed E-state index contributed by atoms with van der Waals surface area (Å²) in [6.45, 7) is 0. The van der Waals surface area contributed by atoms with E-state index in [1.54, 1.807) is 15.4 Å². The molecular weight excluding hydrogens is 344 g/mol. The summed E-state index contributed by atoms with van der Waals surface area (Å²) in [4.78, 5) is 12.9. The molecule has 1 aliphatic rings. The highest BCUT2D eigenvalue weighted by Crippen LogP contribution is 2.30. The fraction of sp³-hybridized carbons (Fsp3) is 0.400. The van der Waals surface area contributed by atoms with Gasteiger partial charge in [-0.2, -0.15) is 10.2 Å². The molecule has 3 N–H and O–H groups in total. The highest BCUT2D eigenvalue weighted by atomic mass is 32.2. The third-order valence-electron chi connectivity index (χ3n) is 4.69. The van der Waals surface area contributed by atoms with Crippen LogP contribution in [0.5, 0.6) is 0 Å². The zero-order valence-corrected chi connectivity index (χ0v) is 14.5. The Morgan fingerprint density at radius 1 is 1.32 bits per heavy atom. The molecule has 0 atom stereocenters. The first-order valence-corrected chi connectivity index (χ1v) is 9.77. The zero-order chi connectivity index (χ0) is 17.8. The Morgan fingerprint density at radius 3 is 2.68 bits per heavy atom. The van der Waals surface area contributed by atoms with E-state index in [1.807, 2.05) is 19.3 Å². The SMILES string of the molecule is Cn1ccc(-c2cn(C3CCS(=O)(=O)CC3)c(=O)c3c(N)n[nH]c23)n1. The molecule has 0 radical (unpaired) electrons. The van der Waals surface area contributed by atoms with Gasteiger partial charge in [-0.25, -0.2) is 8.42 Å². The molecule has 132 valence electrons. The number of anilines is 1. The van der Waals surface area contributed by atoms with E-state index in [-0.39, 0.29) is 28.9 Å². The van der Waals surface area contributed by atoms with Gasteiger partial charge in [-0.05, 0) is 18.9 Å². The number of aromatic nitrogens is 5. The maximum Gasteiger partial charge on any atom is 0.264 e. The lowest BCUT2D eigenvalue weighted by atomic mass is 10.1. The zero-order valence-electron chi connectivity index (χ0n) is 13.6. The predicted octanol–water partition coefficient (Wildman–Crippen LogP) is 0.457. The molecule has 9 nitrogen and oxygen atoms in total. The molecule has 0 bridgehead atoms. The lowest BCUT2D eigenvalue weighted by molar-refractivity contribution is 0.441. The molecule has 0 spiro atoms. The summed E-state index contributed by atoms with van der Waals surface area (Å²) < 4.78 is 26.6. The van der Waals surface area contributed by atoms with E-state index in [1.165, 1.54) is 0 Å². The fourth-order valence-corrected chi connectivity index (χ4v) is 4.81. The third kappa shape index (κ3) is 2.62. The maximum absolute atomic E-state index is 12.9. The number of hydrogen-bond acceptors (Lipinski definition) is 6. The van der Waals surface area contributed by atoms with Crippen LogP contribution in [0.4, 0.5) is 5.82 Å². The Bertz CT molecular complexity index is 1110. The topological polar surface area (TPSA) is 129 Å². The minimum Gasteiger partial charge on any atom is -0.382 e. The van der Waals surface area contributed by atoms with Crippen molar-refractivity contribution < 1.29 is 8.42 Å². The Kier molecular flexibility index (Phi) is 3.46. The van der Waals surface area contributed by atoms with E-state index in [2.05, 4.69) is 15.3 Å². The second-order valence-electron chi connectivity index (χ2n) is 6.37. The number of H-pyrrole nitrogens is 1. The molecule has 0 amide bonds. The minimum atomic E-state index is -3.01. The number of hydrogen-bond donors (Lipinski definition) is 2. The van der Waals surface area contributed by atoms with Crippen LogP contribution in [0.1, 0.15) is 18.9 Å². The van der Waals surface area contributed by atoms with Crippen molar-refractivity contribution in [2.24, 2.45) is 7.05 Å². The van der Waals surface area contributed by atoms with Crippen molar-refractivity contribution in [1.29, 1.82) is 0 Å². The average Bonchev–Trinajstić information content (AvgIpc) is 3.15. The van der Waals surface area contributed by atoms with Gasteiger partial charge in [-0.15, -0.1) is 0 Å². The van der Waals surface area contributed by atoms with Crippen LogP contribution in [-0.2, 0) is 16.9 Å². The number of aromatic amines is 1. The first-order valence-electron chi connectivity index (χ1n) is 7.95. The molecule has 3 aromatic rings. The molecule has 0 saturated carbocycles. The number of nitrogens with zero attached hydrogens (tertiary/aromatic N) is 4. The van der Waals surface area contributed by atoms with Gasteiger partial charge in [0.05, 0.1) is 22.7 Å². The second-order valence-corrected chi connectivity index (χ2v) is 8.68. The number of nitrogens with two attached hydrogens (primary N) is 1. The van der Waals surface area contributed by atoms with E-state index in [0.717, 1.165) is 0 Å². The highest BCUT2D eigenvalue weighted by Gasteiger charge is 2.27. The van der Waals surface area contributed by atoms with Crippen molar-refractivity contribution in [3.05, 3.63) is 28.8 Å². The van der Waals surface area contributed by atoms with Crippen LogP contribution in [0.3, 0.4) is 0 Å². The third-order valence-corrected chi connectivity index (χ3v) is 6.40. The van der Waals surface area contributed by atoms with Gasteiger partial charge < -0.3 is 10.3 Å². The van der Waals surface area contributed by atoms with E-state index in [0.29, 0.717) is 35.0 Å². The van der Waals surface area contributed by atoms with Gasteiger partial charge in [0.15, 0.2) is 5.82 Å². The van der Waals surface area contributed by atoms with E-state index in [4.69, 9.17) is 5.73 Å². The highest BCUT2D eigenvalue weighted by molar-refractivity contribution is 7.91. The molecule has 10 heteroatoms. The number of sulfone groups is 1. The van der Waals surface area contributed by atoms with Gasteiger partial charge in [-0.1, -0.05) is 0 Å². The van der Waals surface area contributed by atoms with Crippen molar-refractivity contribution in [3.8, 4) is 11.3 Å². The van der Waals surface area contributed by atoms with Crippen LogP contribution in [-0.4, -0.2) is 44.5 Å². The van der Waals surface area contributed by atoms with Crippen LogP contribution in [0, 0.1) is 0 Å². The molecule has 1 fully saturated rings. The smallest absolute Gasteiger partial charge is 0.264 e. The fourth-order valence-electron chi connectivity index (χ4n) is 3.34. The number of nitrogens with one attached hydrogen (secondary N) is 1. The number of fused-ring (bicyclic) bond motifs is 1. The molecule has 4 rings (SSSR count). The van der Waals surface area contributed by atoms with Crippen molar-refractivity contribution in [1.82, 2.24) is 24.5 Å². The van der Waals surface area contributed by atoms with E-state index < -0.39 is 9.84 Å². The summed E-state index contributed by atoms with van der Waals surface area (Å²) in [5.74, 6) is 0.305. The summed E-state index contributed by atoms with van der Waals surface area (Å²) in [7, 11) is -1.20. The van der Waals surface area contributed by atoms with Crippen LogP contribution >= 0.6 is 0 Å².